The van der Waals surface area contributed by atoms with Gasteiger partial charge >= 0.3 is 12.4 Å². The summed E-state index contributed by atoms with van der Waals surface area (Å²) in [5.74, 6) is 0.171. The van der Waals surface area contributed by atoms with Crippen LogP contribution in [-0.4, -0.2) is 30.7 Å². The van der Waals surface area contributed by atoms with Crippen LogP contribution in [0.4, 0.5) is 26.3 Å². The van der Waals surface area contributed by atoms with E-state index in [1.165, 1.54) is 4.90 Å². The highest BCUT2D eigenvalue weighted by Crippen LogP contribution is 2.39. The molecule has 0 saturated carbocycles. The molecule has 10 heteroatoms. The lowest BCUT2D eigenvalue weighted by molar-refractivity contribution is -0.143. The number of carbonyl (C=O) groups excluding carboxylic acids is 1. The maximum atomic E-state index is 13.1. The van der Waals surface area contributed by atoms with Crippen molar-refractivity contribution in [2.75, 3.05) is 19.9 Å². The molecule has 30 heavy (non-hydrogen) atoms. The second-order valence-corrected chi connectivity index (χ2v) is 7.14. The van der Waals surface area contributed by atoms with Crippen molar-refractivity contribution in [3.05, 3.63) is 58.7 Å². The molecule has 0 spiro atoms. The fourth-order valence-corrected chi connectivity index (χ4v) is 3.64. The van der Waals surface area contributed by atoms with Crippen LogP contribution in [0.3, 0.4) is 0 Å². The lowest BCUT2D eigenvalue weighted by Gasteiger charge is -2.19. The monoisotopic (exact) mass is 431 g/mol. The van der Waals surface area contributed by atoms with Crippen LogP contribution in [0.1, 0.15) is 39.4 Å². The molecular formula is C20H15F6NO3. The molecule has 2 aromatic rings. The Morgan fingerprint density at radius 3 is 2.17 bits per heavy atom. The molecule has 160 valence electrons. The van der Waals surface area contributed by atoms with Crippen LogP contribution in [0, 0.1) is 0 Å². The molecule has 4 rings (SSSR count). The molecule has 2 heterocycles. The Hall–Kier alpha value is -2.91. The quantitative estimate of drug-likeness (QED) is 0.623. The Morgan fingerprint density at radius 2 is 1.53 bits per heavy atom. The second-order valence-electron chi connectivity index (χ2n) is 7.14. The van der Waals surface area contributed by atoms with Gasteiger partial charge in [0.05, 0.1) is 11.1 Å². The number of halogens is 6. The van der Waals surface area contributed by atoms with Crippen LogP contribution in [0.5, 0.6) is 11.5 Å². The average Bonchev–Trinajstić information content (AvgIpc) is 3.34. The SMILES string of the molecule is O=C(c1cc(C(F)(F)F)cc(C(F)(F)F)c1)N1CC[C@@H](c2ccc3c(c2)OCO3)C1. The lowest BCUT2D eigenvalue weighted by Crippen LogP contribution is -2.29. The van der Waals surface area contributed by atoms with Crippen LogP contribution in [0.15, 0.2) is 36.4 Å². The van der Waals surface area contributed by atoms with Gasteiger partial charge in [0, 0.05) is 24.6 Å². The largest absolute Gasteiger partial charge is 0.454 e. The van der Waals surface area contributed by atoms with Crippen molar-refractivity contribution in [3.63, 3.8) is 0 Å². The summed E-state index contributed by atoms with van der Waals surface area (Å²) in [5, 5.41) is 0. The first-order valence-electron chi connectivity index (χ1n) is 9.00. The normalized spacial score (nSPS) is 18.7. The maximum absolute atomic E-state index is 13.1. The van der Waals surface area contributed by atoms with Crippen molar-refractivity contribution < 1.29 is 40.6 Å². The van der Waals surface area contributed by atoms with Gasteiger partial charge in [-0.1, -0.05) is 6.07 Å². The summed E-state index contributed by atoms with van der Waals surface area (Å²) in [7, 11) is 0. The first kappa shape index (κ1) is 20.4. The Balaban J connectivity index is 1.58. The number of hydrogen-bond donors (Lipinski definition) is 0. The Bertz CT molecular complexity index is 953. The molecule has 1 atom stereocenters. The zero-order valence-corrected chi connectivity index (χ0v) is 15.3. The molecule has 1 amide bonds. The fourth-order valence-electron chi connectivity index (χ4n) is 3.64. The van der Waals surface area contributed by atoms with Gasteiger partial charge in [0.2, 0.25) is 6.79 Å². The van der Waals surface area contributed by atoms with Crippen LogP contribution < -0.4 is 9.47 Å². The number of rotatable bonds is 2. The van der Waals surface area contributed by atoms with Gasteiger partial charge in [-0.25, -0.2) is 0 Å². The summed E-state index contributed by atoms with van der Waals surface area (Å²) in [4.78, 5) is 14.0. The van der Waals surface area contributed by atoms with E-state index in [0.717, 1.165) is 5.56 Å². The average molecular weight is 431 g/mol. The van der Waals surface area contributed by atoms with Gasteiger partial charge in [-0.15, -0.1) is 0 Å². The molecular weight excluding hydrogens is 416 g/mol. The Kier molecular flexibility index (Phi) is 4.82. The highest BCUT2D eigenvalue weighted by atomic mass is 19.4. The molecule has 0 unspecified atom stereocenters. The number of alkyl halides is 6. The van der Waals surface area contributed by atoms with E-state index in [-0.39, 0.29) is 31.9 Å². The highest BCUT2D eigenvalue weighted by molar-refractivity contribution is 5.95. The van der Waals surface area contributed by atoms with Gasteiger partial charge in [0.15, 0.2) is 11.5 Å². The Morgan fingerprint density at radius 1 is 0.900 bits per heavy atom. The molecule has 0 N–H and O–H groups in total. The molecule has 1 saturated heterocycles. The fraction of sp³-hybridized carbons (Fsp3) is 0.350. The van der Waals surface area contributed by atoms with E-state index in [4.69, 9.17) is 9.47 Å². The molecule has 2 aliphatic heterocycles. The number of carbonyl (C=O) groups is 1. The van der Waals surface area contributed by atoms with E-state index in [1.54, 1.807) is 18.2 Å². The molecule has 0 radical (unpaired) electrons. The first-order valence-corrected chi connectivity index (χ1v) is 9.00. The zero-order valence-electron chi connectivity index (χ0n) is 15.3. The van der Waals surface area contributed by atoms with E-state index in [2.05, 4.69) is 0 Å². The van der Waals surface area contributed by atoms with E-state index in [0.29, 0.717) is 30.1 Å². The first-order chi connectivity index (χ1) is 14.0. The predicted molar refractivity (Wildman–Crippen MR) is 92.3 cm³/mol. The molecule has 4 nitrogen and oxygen atoms in total. The van der Waals surface area contributed by atoms with Gasteiger partial charge < -0.3 is 14.4 Å². The van der Waals surface area contributed by atoms with E-state index >= 15 is 0 Å². The van der Waals surface area contributed by atoms with Gasteiger partial charge in [-0.3, -0.25) is 4.79 Å². The van der Waals surface area contributed by atoms with Crippen LogP contribution in [0.2, 0.25) is 0 Å². The van der Waals surface area contributed by atoms with E-state index in [1.807, 2.05) is 0 Å². The van der Waals surface area contributed by atoms with E-state index in [9.17, 15) is 31.1 Å². The summed E-state index contributed by atoms with van der Waals surface area (Å²) >= 11 is 0. The van der Waals surface area contributed by atoms with Gasteiger partial charge in [-0.2, -0.15) is 26.3 Å². The number of hydrogen-bond acceptors (Lipinski definition) is 3. The molecule has 0 bridgehead atoms. The number of nitrogens with zero attached hydrogens (tertiary/aromatic N) is 1. The maximum Gasteiger partial charge on any atom is 0.416 e. The Labute approximate surface area is 167 Å². The molecule has 1 fully saturated rings. The molecule has 2 aromatic carbocycles. The smallest absolute Gasteiger partial charge is 0.416 e. The number of fused-ring (bicyclic) bond motifs is 1. The van der Waals surface area contributed by atoms with Gasteiger partial charge in [0.1, 0.15) is 0 Å². The van der Waals surface area contributed by atoms with Crippen LogP contribution in [0.25, 0.3) is 0 Å². The number of likely N-dealkylation sites (tertiary alicyclic amines) is 1. The summed E-state index contributed by atoms with van der Waals surface area (Å²) in [6.45, 7) is 0.497. The molecule has 2 aliphatic rings. The van der Waals surface area contributed by atoms with Crippen molar-refractivity contribution in [2.45, 2.75) is 24.7 Å². The second kappa shape index (κ2) is 7.10. The minimum absolute atomic E-state index is 0.0101. The van der Waals surface area contributed by atoms with Crippen molar-refractivity contribution in [3.8, 4) is 11.5 Å². The van der Waals surface area contributed by atoms with Crippen molar-refractivity contribution >= 4 is 5.91 Å². The topological polar surface area (TPSA) is 38.8 Å². The van der Waals surface area contributed by atoms with E-state index < -0.39 is 35.0 Å². The van der Waals surface area contributed by atoms with Crippen molar-refractivity contribution in [1.29, 1.82) is 0 Å². The minimum Gasteiger partial charge on any atom is -0.454 e. The summed E-state index contributed by atoms with van der Waals surface area (Å²) in [5.41, 5.74) is -2.79. The van der Waals surface area contributed by atoms with Gasteiger partial charge in [0.25, 0.3) is 5.91 Å². The zero-order chi connectivity index (χ0) is 21.7. The number of benzene rings is 2. The summed E-state index contributed by atoms with van der Waals surface area (Å²) in [6, 6.07) is 6.24. The van der Waals surface area contributed by atoms with Crippen LogP contribution in [-0.2, 0) is 12.4 Å². The minimum atomic E-state index is -5.00. The van der Waals surface area contributed by atoms with Gasteiger partial charge in [-0.05, 0) is 42.3 Å². The van der Waals surface area contributed by atoms with Crippen molar-refractivity contribution in [1.82, 2.24) is 4.90 Å². The van der Waals surface area contributed by atoms with Crippen LogP contribution >= 0.6 is 0 Å². The third-order valence-corrected chi connectivity index (χ3v) is 5.18. The summed E-state index contributed by atoms with van der Waals surface area (Å²) in [6.07, 6.45) is -9.48. The summed E-state index contributed by atoms with van der Waals surface area (Å²) < 4.78 is 88.9. The standard InChI is InChI=1S/C20H15F6NO3/c21-19(22,23)14-5-13(6-15(8-14)20(24,25)26)18(28)27-4-3-12(9-27)11-1-2-16-17(7-11)30-10-29-16/h1-2,5-8,12H,3-4,9-10H2/t12-/m1/s1. The molecule has 0 aliphatic carbocycles. The third-order valence-electron chi connectivity index (χ3n) is 5.18. The highest BCUT2D eigenvalue weighted by Gasteiger charge is 2.38. The third kappa shape index (κ3) is 3.90. The predicted octanol–water partition coefficient (Wildman–Crippen LogP) is 5.08. The number of ether oxygens (including phenoxy) is 2. The number of amides is 1. The molecule has 0 aromatic heterocycles. The van der Waals surface area contributed by atoms with Crippen molar-refractivity contribution in [2.24, 2.45) is 0 Å². The lowest BCUT2D eigenvalue weighted by atomic mass is 9.98.